The number of aliphatic imine (C=N–C) groups is 1. The van der Waals surface area contributed by atoms with E-state index in [1.165, 1.54) is 12.1 Å². The van der Waals surface area contributed by atoms with Crippen LogP contribution in [0.25, 0.3) is 0 Å². The van der Waals surface area contributed by atoms with Gasteiger partial charge in [0.25, 0.3) is 0 Å². The summed E-state index contributed by atoms with van der Waals surface area (Å²) in [6, 6.07) is 8.49. The zero-order chi connectivity index (χ0) is 17.4. The second kappa shape index (κ2) is 8.80. The third-order valence-electron chi connectivity index (χ3n) is 3.63. The van der Waals surface area contributed by atoms with E-state index in [9.17, 15) is 9.50 Å². The van der Waals surface area contributed by atoms with Crippen LogP contribution in [-0.4, -0.2) is 30.7 Å². The van der Waals surface area contributed by atoms with Crippen LogP contribution in [0, 0.1) is 5.82 Å². The molecule has 0 fully saturated rings. The number of thiophene rings is 1. The van der Waals surface area contributed by atoms with Crippen LogP contribution in [-0.2, 0) is 12.0 Å². The molecule has 24 heavy (non-hydrogen) atoms. The molecular weight excluding hydrogens is 325 g/mol. The molecule has 0 radical (unpaired) electrons. The molecule has 1 unspecified atom stereocenters. The monoisotopic (exact) mass is 349 g/mol. The lowest BCUT2D eigenvalue weighted by Gasteiger charge is -2.21. The molecule has 0 amide bonds. The van der Waals surface area contributed by atoms with Crippen LogP contribution in [0.1, 0.15) is 25.0 Å². The Kier molecular flexibility index (Phi) is 6.75. The molecule has 130 valence electrons. The van der Waals surface area contributed by atoms with Gasteiger partial charge in [0.15, 0.2) is 5.96 Å². The second-order valence-electron chi connectivity index (χ2n) is 5.79. The standard InChI is InChI=1S/C18H24FN3OS/c1-3-20-17(21-9-7-14-5-4-6-16(19)11-14)22-13-18(2,23)15-8-10-24-12-15/h4-6,8,10-12,23H,3,7,9,13H2,1-2H3,(H2,20,21,22). The molecule has 2 rings (SSSR count). The first kappa shape index (κ1) is 18.4. The van der Waals surface area contributed by atoms with E-state index in [2.05, 4.69) is 15.6 Å². The van der Waals surface area contributed by atoms with E-state index in [0.29, 0.717) is 18.9 Å². The fraction of sp³-hybridized carbons (Fsp3) is 0.389. The summed E-state index contributed by atoms with van der Waals surface area (Å²) in [5.41, 5.74) is 0.806. The lowest BCUT2D eigenvalue weighted by molar-refractivity contribution is 0.0677. The Morgan fingerprint density at radius 3 is 2.83 bits per heavy atom. The quantitative estimate of drug-likeness (QED) is 0.532. The van der Waals surface area contributed by atoms with Crippen LogP contribution in [0.3, 0.4) is 0 Å². The van der Waals surface area contributed by atoms with E-state index in [-0.39, 0.29) is 12.4 Å². The van der Waals surface area contributed by atoms with Gasteiger partial charge < -0.3 is 15.7 Å². The van der Waals surface area contributed by atoms with Gasteiger partial charge in [-0.15, -0.1) is 0 Å². The van der Waals surface area contributed by atoms with Gasteiger partial charge in [0.2, 0.25) is 0 Å². The van der Waals surface area contributed by atoms with Gasteiger partial charge in [0.1, 0.15) is 11.4 Å². The maximum Gasteiger partial charge on any atom is 0.191 e. The Morgan fingerprint density at radius 2 is 2.17 bits per heavy atom. The molecule has 0 aliphatic carbocycles. The van der Waals surface area contributed by atoms with Gasteiger partial charge in [-0.05, 0) is 60.4 Å². The minimum Gasteiger partial charge on any atom is -0.383 e. The number of nitrogens with one attached hydrogen (secondary N) is 2. The third kappa shape index (κ3) is 5.62. The maximum atomic E-state index is 13.2. The Hall–Kier alpha value is -1.92. The topological polar surface area (TPSA) is 56.7 Å². The van der Waals surface area contributed by atoms with Gasteiger partial charge in [0, 0.05) is 13.1 Å². The number of benzene rings is 1. The summed E-state index contributed by atoms with van der Waals surface area (Å²) < 4.78 is 13.2. The van der Waals surface area contributed by atoms with Crippen molar-refractivity contribution in [1.82, 2.24) is 10.6 Å². The van der Waals surface area contributed by atoms with Crippen molar-refractivity contribution in [2.24, 2.45) is 4.99 Å². The number of hydrogen-bond acceptors (Lipinski definition) is 3. The fourth-order valence-electron chi connectivity index (χ4n) is 2.25. The van der Waals surface area contributed by atoms with Crippen LogP contribution >= 0.6 is 11.3 Å². The van der Waals surface area contributed by atoms with Crippen LogP contribution < -0.4 is 10.6 Å². The number of rotatable bonds is 7. The lowest BCUT2D eigenvalue weighted by Crippen LogP contribution is -2.39. The first-order chi connectivity index (χ1) is 11.5. The molecule has 4 nitrogen and oxygen atoms in total. The van der Waals surface area contributed by atoms with E-state index in [1.54, 1.807) is 24.3 Å². The minimum absolute atomic E-state index is 0.222. The predicted octanol–water partition coefficient (Wildman–Crippen LogP) is 2.89. The molecule has 2 aromatic rings. The molecule has 1 aromatic heterocycles. The Morgan fingerprint density at radius 1 is 1.33 bits per heavy atom. The first-order valence-electron chi connectivity index (χ1n) is 8.03. The number of aliphatic hydroxyl groups is 1. The van der Waals surface area contributed by atoms with Crippen molar-refractivity contribution in [3.05, 3.63) is 58.0 Å². The van der Waals surface area contributed by atoms with Crippen LogP contribution in [0.2, 0.25) is 0 Å². The molecule has 3 N–H and O–H groups in total. The van der Waals surface area contributed by atoms with E-state index in [1.807, 2.05) is 29.8 Å². The van der Waals surface area contributed by atoms with E-state index in [0.717, 1.165) is 17.7 Å². The average molecular weight is 349 g/mol. The van der Waals surface area contributed by atoms with Crippen LogP contribution in [0.15, 0.2) is 46.1 Å². The van der Waals surface area contributed by atoms with Gasteiger partial charge in [-0.25, -0.2) is 9.38 Å². The van der Waals surface area contributed by atoms with Crippen molar-refractivity contribution >= 4 is 17.3 Å². The lowest BCUT2D eigenvalue weighted by atomic mass is 10.00. The molecule has 0 bridgehead atoms. The van der Waals surface area contributed by atoms with Crippen molar-refractivity contribution in [1.29, 1.82) is 0 Å². The predicted molar refractivity (Wildman–Crippen MR) is 98.0 cm³/mol. The molecule has 1 aromatic carbocycles. The van der Waals surface area contributed by atoms with Gasteiger partial charge in [-0.1, -0.05) is 12.1 Å². The summed E-state index contributed by atoms with van der Waals surface area (Å²) in [6.45, 7) is 5.37. The smallest absolute Gasteiger partial charge is 0.191 e. The molecular formula is C18H24FN3OS. The number of guanidine groups is 1. The minimum atomic E-state index is -0.995. The number of halogens is 1. The molecule has 6 heteroatoms. The molecule has 0 saturated carbocycles. The molecule has 1 heterocycles. The molecule has 0 saturated heterocycles. The van der Waals surface area contributed by atoms with Gasteiger partial charge in [-0.3, -0.25) is 0 Å². The highest BCUT2D eigenvalue weighted by atomic mass is 32.1. The molecule has 0 aliphatic rings. The Balaban J connectivity index is 1.91. The van der Waals surface area contributed by atoms with Gasteiger partial charge in [0.05, 0.1) is 6.54 Å². The second-order valence-corrected chi connectivity index (χ2v) is 6.57. The third-order valence-corrected chi connectivity index (χ3v) is 4.31. The van der Waals surface area contributed by atoms with Crippen LogP contribution in [0.5, 0.6) is 0 Å². The van der Waals surface area contributed by atoms with E-state index >= 15 is 0 Å². The van der Waals surface area contributed by atoms with Crippen molar-refractivity contribution < 1.29 is 9.50 Å². The normalized spacial score (nSPS) is 14.2. The van der Waals surface area contributed by atoms with Crippen molar-refractivity contribution in [3.8, 4) is 0 Å². The number of hydrogen-bond donors (Lipinski definition) is 3. The summed E-state index contributed by atoms with van der Waals surface area (Å²) >= 11 is 1.55. The Labute approximate surface area is 146 Å². The molecule has 1 atom stereocenters. The molecule has 0 spiro atoms. The van der Waals surface area contributed by atoms with Crippen molar-refractivity contribution in [3.63, 3.8) is 0 Å². The first-order valence-corrected chi connectivity index (χ1v) is 8.97. The largest absolute Gasteiger partial charge is 0.383 e. The highest BCUT2D eigenvalue weighted by Gasteiger charge is 2.23. The summed E-state index contributed by atoms with van der Waals surface area (Å²) in [4.78, 5) is 4.46. The van der Waals surface area contributed by atoms with Crippen molar-refractivity contribution in [2.75, 3.05) is 19.6 Å². The summed E-state index contributed by atoms with van der Waals surface area (Å²) in [5, 5.41) is 20.8. The van der Waals surface area contributed by atoms with Gasteiger partial charge in [-0.2, -0.15) is 11.3 Å². The van der Waals surface area contributed by atoms with Gasteiger partial charge >= 0.3 is 0 Å². The summed E-state index contributed by atoms with van der Waals surface area (Å²) in [6.07, 6.45) is 0.698. The highest BCUT2D eigenvalue weighted by Crippen LogP contribution is 2.23. The fourth-order valence-corrected chi connectivity index (χ4v) is 3.04. The summed E-state index contributed by atoms with van der Waals surface area (Å²) in [7, 11) is 0. The average Bonchev–Trinajstić information content (AvgIpc) is 3.08. The van der Waals surface area contributed by atoms with E-state index < -0.39 is 5.60 Å². The number of nitrogens with zero attached hydrogens (tertiary/aromatic N) is 1. The zero-order valence-corrected chi connectivity index (χ0v) is 14.9. The van der Waals surface area contributed by atoms with E-state index in [4.69, 9.17) is 0 Å². The summed E-state index contributed by atoms with van der Waals surface area (Å²) in [5.74, 6) is 0.421. The maximum absolute atomic E-state index is 13.2. The SMILES string of the molecule is CCNC(=NCC(C)(O)c1ccsc1)NCCc1cccc(F)c1. The van der Waals surface area contributed by atoms with Crippen molar-refractivity contribution in [2.45, 2.75) is 25.9 Å². The highest BCUT2D eigenvalue weighted by molar-refractivity contribution is 7.08. The Bertz CT molecular complexity index is 656. The zero-order valence-electron chi connectivity index (χ0n) is 14.1. The molecule has 0 aliphatic heterocycles. The van der Waals surface area contributed by atoms with Crippen LogP contribution in [0.4, 0.5) is 4.39 Å².